The second kappa shape index (κ2) is 12.2. The summed E-state index contributed by atoms with van der Waals surface area (Å²) < 4.78 is 19.9. The molecule has 27 heavy (non-hydrogen) atoms. The SMILES string of the molecule is CCCCC[C@H](O)/C=C/C1C2C=C(C(F)CCCC(=O)[O-])O[C@H]2C[C@H]1O.[Na+]. The summed E-state index contributed by atoms with van der Waals surface area (Å²) in [6.07, 6.45) is 6.98. The molecule has 148 valence electrons. The van der Waals surface area contributed by atoms with Crippen molar-refractivity contribution in [2.45, 2.75) is 82.8 Å². The quantitative estimate of drug-likeness (QED) is 0.268. The topological polar surface area (TPSA) is 89.8 Å². The van der Waals surface area contributed by atoms with E-state index in [4.69, 9.17) is 4.74 Å². The predicted molar refractivity (Wildman–Crippen MR) is 93.6 cm³/mol. The number of unbranched alkanes of at least 4 members (excludes halogenated alkanes) is 2. The van der Waals surface area contributed by atoms with E-state index < -0.39 is 24.3 Å². The molecular formula is C20H30FNaO5. The monoisotopic (exact) mass is 392 g/mol. The van der Waals surface area contributed by atoms with Gasteiger partial charge in [-0.05, 0) is 31.8 Å². The summed E-state index contributed by atoms with van der Waals surface area (Å²) in [5, 5.41) is 30.7. The van der Waals surface area contributed by atoms with Gasteiger partial charge in [0.25, 0.3) is 0 Å². The van der Waals surface area contributed by atoms with Gasteiger partial charge in [0.1, 0.15) is 11.9 Å². The summed E-state index contributed by atoms with van der Waals surface area (Å²) in [6, 6.07) is 0. The van der Waals surface area contributed by atoms with E-state index in [1.54, 1.807) is 12.2 Å². The first kappa shape index (κ1) is 24.6. The molecule has 2 aliphatic rings. The van der Waals surface area contributed by atoms with E-state index in [2.05, 4.69) is 6.92 Å². The summed E-state index contributed by atoms with van der Waals surface area (Å²) in [5.41, 5.74) is 0. The molecule has 1 aliphatic carbocycles. The minimum Gasteiger partial charge on any atom is -0.550 e. The molecule has 0 saturated heterocycles. The number of aliphatic carboxylic acids is 1. The Morgan fingerprint density at radius 3 is 2.81 bits per heavy atom. The fourth-order valence-electron chi connectivity index (χ4n) is 3.76. The van der Waals surface area contributed by atoms with Crippen LogP contribution in [0.3, 0.4) is 0 Å². The van der Waals surface area contributed by atoms with Gasteiger partial charge in [-0.15, -0.1) is 0 Å². The molecule has 0 aromatic heterocycles. The van der Waals surface area contributed by atoms with E-state index in [1.165, 1.54) is 0 Å². The first-order chi connectivity index (χ1) is 12.4. The van der Waals surface area contributed by atoms with Gasteiger partial charge in [0.05, 0.1) is 12.2 Å². The maximum absolute atomic E-state index is 14.2. The largest absolute Gasteiger partial charge is 1.00 e. The Kier molecular flexibility index (Phi) is 11.2. The number of aliphatic hydroxyl groups excluding tert-OH is 2. The number of carbonyl (C=O) groups is 1. The van der Waals surface area contributed by atoms with Crippen molar-refractivity contribution in [1.82, 2.24) is 0 Å². The number of hydrogen-bond donors (Lipinski definition) is 2. The first-order valence-electron chi connectivity index (χ1n) is 9.69. The maximum atomic E-state index is 14.2. The molecule has 7 heteroatoms. The van der Waals surface area contributed by atoms with Crippen LogP contribution >= 0.6 is 0 Å². The van der Waals surface area contributed by atoms with E-state index in [9.17, 15) is 24.5 Å². The zero-order valence-electron chi connectivity index (χ0n) is 16.4. The van der Waals surface area contributed by atoms with Crippen molar-refractivity contribution in [1.29, 1.82) is 0 Å². The van der Waals surface area contributed by atoms with Gasteiger partial charge in [0.15, 0.2) is 6.17 Å². The van der Waals surface area contributed by atoms with Gasteiger partial charge in [-0.1, -0.05) is 38.3 Å². The van der Waals surface area contributed by atoms with E-state index >= 15 is 0 Å². The number of aliphatic hydroxyl groups is 2. The number of allylic oxidation sites excluding steroid dienone is 1. The summed E-state index contributed by atoms with van der Waals surface area (Å²) in [6.45, 7) is 2.11. The molecule has 5 nitrogen and oxygen atoms in total. The minimum atomic E-state index is -1.33. The Morgan fingerprint density at radius 2 is 2.15 bits per heavy atom. The van der Waals surface area contributed by atoms with E-state index in [-0.39, 0.29) is 72.5 Å². The minimum absolute atomic E-state index is 0. The Labute approximate surface area is 183 Å². The van der Waals surface area contributed by atoms with Crippen LogP contribution in [0, 0.1) is 11.8 Å². The molecule has 1 aliphatic heterocycles. The predicted octanol–water partition coefficient (Wildman–Crippen LogP) is -0.974. The Balaban J connectivity index is 0.00000364. The molecular weight excluding hydrogens is 362 g/mol. The molecule has 0 radical (unpaired) electrons. The molecule has 0 bridgehead atoms. The number of halogens is 1. The standard InChI is InChI=1S/C20H31FO5.Na/c1-2-3-4-6-13(22)9-10-14-15-11-19(26-18(15)12-17(14)23)16(21)7-5-8-20(24)25;/h9-11,13-18,22-23H,2-8,12H2,1H3,(H,24,25);/q;+1/p-1/b10-9+;/t13-,14?,15?,16?,17+,18-;/m0./s1. The van der Waals surface area contributed by atoms with Crippen LogP contribution in [0.5, 0.6) is 0 Å². The number of alkyl halides is 1. The third kappa shape index (κ3) is 7.50. The molecule has 1 fully saturated rings. The van der Waals surface area contributed by atoms with Gasteiger partial charge in [0, 0.05) is 24.2 Å². The van der Waals surface area contributed by atoms with Crippen molar-refractivity contribution >= 4 is 5.97 Å². The number of hydrogen-bond acceptors (Lipinski definition) is 5. The molecule has 1 saturated carbocycles. The number of carboxylic acids is 1. The number of carbonyl (C=O) groups excluding carboxylic acids is 1. The second-order valence-corrected chi connectivity index (χ2v) is 7.36. The average Bonchev–Trinajstić information content (AvgIpc) is 3.10. The number of fused-ring (bicyclic) bond motifs is 1. The van der Waals surface area contributed by atoms with E-state index in [0.29, 0.717) is 12.8 Å². The molecule has 0 amide bonds. The van der Waals surface area contributed by atoms with Gasteiger partial charge in [0.2, 0.25) is 0 Å². The second-order valence-electron chi connectivity index (χ2n) is 7.36. The van der Waals surface area contributed by atoms with Crippen molar-refractivity contribution in [2.24, 2.45) is 11.8 Å². The molecule has 2 N–H and O–H groups in total. The van der Waals surface area contributed by atoms with Crippen LogP contribution in [0.25, 0.3) is 0 Å². The normalized spacial score (nSPS) is 29.0. The van der Waals surface area contributed by atoms with Gasteiger partial charge in [-0.3, -0.25) is 0 Å². The molecule has 6 atom stereocenters. The average molecular weight is 392 g/mol. The molecule has 0 aromatic carbocycles. The Morgan fingerprint density at radius 1 is 1.41 bits per heavy atom. The van der Waals surface area contributed by atoms with Crippen molar-refractivity contribution in [3.8, 4) is 0 Å². The maximum Gasteiger partial charge on any atom is 1.00 e. The summed E-state index contributed by atoms with van der Waals surface area (Å²) in [7, 11) is 0. The van der Waals surface area contributed by atoms with Crippen LogP contribution in [0.4, 0.5) is 4.39 Å². The fraction of sp³-hybridized carbons (Fsp3) is 0.750. The van der Waals surface area contributed by atoms with Crippen molar-refractivity contribution < 1.29 is 58.8 Å². The Bertz CT molecular complexity index is 525. The summed E-state index contributed by atoms with van der Waals surface area (Å²) in [5.74, 6) is -1.25. The van der Waals surface area contributed by atoms with Gasteiger partial charge < -0.3 is 24.9 Å². The number of ether oxygens (including phenoxy) is 1. The van der Waals surface area contributed by atoms with Gasteiger partial charge in [-0.2, -0.15) is 0 Å². The molecule has 0 aromatic rings. The van der Waals surface area contributed by atoms with Crippen LogP contribution in [0.2, 0.25) is 0 Å². The van der Waals surface area contributed by atoms with Crippen LogP contribution in [0.1, 0.15) is 58.3 Å². The number of carboxylic acid groups (broad SMARTS) is 1. The van der Waals surface area contributed by atoms with Crippen LogP contribution < -0.4 is 34.7 Å². The zero-order chi connectivity index (χ0) is 19.1. The summed E-state index contributed by atoms with van der Waals surface area (Å²) >= 11 is 0. The fourth-order valence-corrected chi connectivity index (χ4v) is 3.76. The summed E-state index contributed by atoms with van der Waals surface area (Å²) in [4.78, 5) is 10.4. The van der Waals surface area contributed by atoms with Crippen molar-refractivity contribution in [2.75, 3.05) is 0 Å². The van der Waals surface area contributed by atoms with Gasteiger partial charge >= 0.3 is 29.6 Å². The zero-order valence-corrected chi connectivity index (χ0v) is 18.4. The van der Waals surface area contributed by atoms with Crippen molar-refractivity contribution in [3.63, 3.8) is 0 Å². The third-order valence-corrected chi connectivity index (χ3v) is 5.24. The van der Waals surface area contributed by atoms with Crippen LogP contribution in [-0.4, -0.2) is 40.7 Å². The third-order valence-electron chi connectivity index (χ3n) is 5.24. The molecule has 0 spiro atoms. The molecule has 2 rings (SSSR count). The van der Waals surface area contributed by atoms with Crippen LogP contribution in [0.15, 0.2) is 24.0 Å². The molecule has 1 heterocycles. The smallest absolute Gasteiger partial charge is 0.550 e. The van der Waals surface area contributed by atoms with E-state index in [1.807, 2.05) is 6.08 Å². The van der Waals surface area contributed by atoms with E-state index in [0.717, 1.165) is 19.3 Å². The van der Waals surface area contributed by atoms with Crippen LogP contribution in [-0.2, 0) is 9.53 Å². The van der Waals surface area contributed by atoms with Gasteiger partial charge in [-0.25, -0.2) is 4.39 Å². The first-order valence-corrected chi connectivity index (χ1v) is 9.69. The van der Waals surface area contributed by atoms with Crippen molar-refractivity contribution in [3.05, 3.63) is 24.0 Å². The molecule has 3 unspecified atom stereocenters. The number of rotatable bonds is 11. The Hall–Kier alpha value is -0.400.